The van der Waals surface area contributed by atoms with Crippen molar-refractivity contribution in [1.29, 1.82) is 0 Å². The first-order chi connectivity index (χ1) is 7.19. The molecule has 2 unspecified atom stereocenters. The molecule has 15 heavy (non-hydrogen) atoms. The molecule has 1 fully saturated rings. The van der Waals surface area contributed by atoms with E-state index in [9.17, 15) is 4.79 Å². The average molecular weight is 212 g/mol. The maximum Gasteiger partial charge on any atom is 0.239 e. The summed E-state index contributed by atoms with van der Waals surface area (Å²) in [6.07, 6.45) is 3.29. The number of rotatable bonds is 5. The van der Waals surface area contributed by atoms with E-state index in [0.717, 1.165) is 38.9 Å². The molecule has 3 nitrogen and oxygen atoms in total. The zero-order valence-electron chi connectivity index (χ0n) is 10.3. The summed E-state index contributed by atoms with van der Waals surface area (Å²) in [5, 5.41) is 3.26. The van der Waals surface area contributed by atoms with Gasteiger partial charge in [0.2, 0.25) is 5.91 Å². The fourth-order valence-electron chi connectivity index (χ4n) is 2.06. The number of nitrogens with one attached hydrogen (secondary N) is 1. The highest BCUT2D eigenvalue weighted by Crippen LogP contribution is 2.14. The van der Waals surface area contributed by atoms with Crippen molar-refractivity contribution in [3.8, 4) is 0 Å². The first-order valence-corrected chi connectivity index (χ1v) is 6.21. The molecule has 1 rings (SSSR count). The summed E-state index contributed by atoms with van der Waals surface area (Å²) in [6.45, 7) is 9.21. The number of likely N-dealkylation sites (N-methyl/N-ethyl adjacent to an activating group) is 1. The molecule has 0 spiro atoms. The smallest absolute Gasteiger partial charge is 0.239 e. The lowest BCUT2D eigenvalue weighted by molar-refractivity contribution is -0.136. The van der Waals surface area contributed by atoms with Gasteiger partial charge in [0, 0.05) is 13.1 Å². The van der Waals surface area contributed by atoms with Crippen LogP contribution in [0.1, 0.15) is 40.0 Å². The predicted molar refractivity (Wildman–Crippen MR) is 62.7 cm³/mol. The molecule has 3 heteroatoms. The van der Waals surface area contributed by atoms with Gasteiger partial charge in [0.25, 0.3) is 0 Å². The lowest BCUT2D eigenvalue weighted by Gasteiger charge is -2.34. The number of likely N-dealkylation sites (tertiary alicyclic amines) is 1. The first kappa shape index (κ1) is 12.5. The molecule has 88 valence electrons. The lowest BCUT2D eigenvalue weighted by atomic mass is 10.0. The number of amides is 1. The highest BCUT2D eigenvalue weighted by molar-refractivity contribution is 5.82. The van der Waals surface area contributed by atoms with Crippen molar-refractivity contribution >= 4 is 5.91 Å². The van der Waals surface area contributed by atoms with Crippen LogP contribution in [0.2, 0.25) is 0 Å². The van der Waals surface area contributed by atoms with E-state index < -0.39 is 0 Å². The molecule has 1 amide bonds. The number of piperidine rings is 1. The van der Waals surface area contributed by atoms with Crippen molar-refractivity contribution in [2.45, 2.75) is 46.1 Å². The number of hydrogen-bond donors (Lipinski definition) is 1. The van der Waals surface area contributed by atoms with Gasteiger partial charge in [-0.2, -0.15) is 0 Å². The summed E-state index contributed by atoms with van der Waals surface area (Å²) in [6, 6.07) is 0.0767. The Morgan fingerprint density at radius 2 is 2.27 bits per heavy atom. The Morgan fingerprint density at radius 3 is 2.87 bits per heavy atom. The van der Waals surface area contributed by atoms with Crippen LogP contribution >= 0.6 is 0 Å². The van der Waals surface area contributed by atoms with Crippen LogP contribution < -0.4 is 5.32 Å². The molecular formula is C12H24N2O. The molecule has 1 heterocycles. The third-order valence-corrected chi connectivity index (χ3v) is 3.21. The van der Waals surface area contributed by atoms with E-state index in [4.69, 9.17) is 0 Å². The third kappa shape index (κ3) is 3.49. The van der Waals surface area contributed by atoms with Gasteiger partial charge in [-0.05, 0) is 25.3 Å². The maximum atomic E-state index is 12.0. The van der Waals surface area contributed by atoms with Crippen LogP contribution in [0.5, 0.6) is 0 Å². The highest BCUT2D eigenvalue weighted by Gasteiger charge is 2.28. The molecule has 1 aliphatic heterocycles. The molecule has 0 aromatic carbocycles. The van der Waals surface area contributed by atoms with Gasteiger partial charge in [-0.3, -0.25) is 4.79 Å². The van der Waals surface area contributed by atoms with Gasteiger partial charge >= 0.3 is 0 Å². The van der Waals surface area contributed by atoms with Crippen LogP contribution in [0.4, 0.5) is 0 Å². The van der Waals surface area contributed by atoms with Crippen molar-refractivity contribution in [2.75, 3.05) is 19.6 Å². The number of carbonyl (C=O) groups excluding carboxylic acids is 1. The molecule has 0 radical (unpaired) electrons. The fourth-order valence-corrected chi connectivity index (χ4v) is 2.06. The van der Waals surface area contributed by atoms with Gasteiger partial charge in [-0.25, -0.2) is 0 Å². The summed E-state index contributed by atoms with van der Waals surface area (Å²) in [7, 11) is 0. The predicted octanol–water partition coefficient (Wildman–Crippen LogP) is 1.63. The van der Waals surface area contributed by atoms with Crippen LogP contribution in [-0.2, 0) is 4.79 Å². The Labute approximate surface area is 93.2 Å². The second-order valence-corrected chi connectivity index (χ2v) is 4.55. The standard InChI is InChI=1S/C12H24N2O/c1-4-10(3)9-14-8-6-7-11(12(14)15)13-5-2/h10-11,13H,4-9H2,1-3H3. The summed E-state index contributed by atoms with van der Waals surface area (Å²) < 4.78 is 0. The van der Waals surface area contributed by atoms with Crippen molar-refractivity contribution in [3.05, 3.63) is 0 Å². The lowest BCUT2D eigenvalue weighted by Crippen LogP contribution is -2.51. The van der Waals surface area contributed by atoms with E-state index in [1.54, 1.807) is 0 Å². The molecule has 0 aromatic rings. The second kappa shape index (κ2) is 6.11. The molecule has 0 aliphatic carbocycles. The Morgan fingerprint density at radius 1 is 1.53 bits per heavy atom. The van der Waals surface area contributed by atoms with Crippen LogP contribution in [0.3, 0.4) is 0 Å². The molecule has 1 N–H and O–H groups in total. The molecule has 0 bridgehead atoms. The molecule has 0 aromatic heterocycles. The van der Waals surface area contributed by atoms with Gasteiger partial charge in [0.05, 0.1) is 6.04 Å². The molecular weight excluding hydrogens is 188 g/mol. The highest BCUT2D eigenvalue weighted by atomic mass is 16.2. The van der Waals surface area contributed by atoms with Crippen molar-refractivity contribution in [1.82, 2.24) is 10.2 Å². The zero-order valence-corrected chi connectivity index (χ0v) is 10.3. The quantitative estimate of drug-likeness (QED) is 0.751. The number of carbonyl (C=O) groups is 1. The average Bonchev–Trinajstić information content (AvgIpc) is 2.24. The fraction of sp³-hybridized carbons (Fsp3) is 0.917. The Balaban J connectivity index is 2.47. The van der Waals surface area contributed by atoms with Crippen LogP contribution in [-0.4, -0.2) is 36.5 Å². The zero-order chi connectivity index (χ0) is 11.3. The summed E-state index contributed by atoms with van der Waals surface area (Å²) in [5.41, 5.74) is 0. The number of hydrogen-bond acceptors (Lipinski definition) is 2. The minimum Gasteiger partial charge on any atom is -0.341 e. The van der Waals surface area contributed by atoms with E-state index in [2.05, 4.69) is 26.1 Å². The van der Waals surface area contributed by atoms with E-state index in [1.165, 1.54) is 0 Å². The summed E-state index contributed by atoms with van der Waals surface area (Å²) in [5.74, 6) is 0.928. The Bertz CT molecular complexity index is 204. The van der Waals surface area contributed by atoms with Crippen LogP contribution in [0, 0.1) is 5.92 Å². The largest absolute Gasteiger partial charge is 0.341 e. The molecule has 1 saturated heterocycles. The first-order valence-electron chi connectivity index (χ1n) is 6.21. The Kier molecular flexibility index (Phi) is 5.09. The maximum absolute atomic E-state index is 12.0. The van der Waals surface area contributed by atoms with Crippen LogP contribution in [0.25, 0.3) is 0 Å². The minimum absolute atomic E-state index is 0.0767. The minimum atomic E-state index is 0.0767. The SMILES string of the molecule is CCNC1CCCN(CC(C)CC)C1=O. The molecule has 1 aliphatic rings. The van der Waals surface area contributed by atoms with E-state index in [-0.39, 0.29) is 6.04 Å². The molecule has 0 saturated carbocycles. The van der Waals surface area contributed by atoms with Gasteiger partial charge in [-0.15, -0.1) is 0 Å². The summed E-state index contributed by atoms with van der Waals surface area (Å²) >= 11 is 0. The Hall–Kier alpha value is -0.570. The van der Waals surface area contributed by atoms with E-state index in [1.807, 2.05) is 4.90 Å². The van der Waals surface area contributed by atoms with Crippen LogP contribution in [0.15, 0.2) is 0 Å². The van der Waals surface area contributed by atoms with Crippen molar-refractivity contribution in [3.63, 3.8) is 0 Å². The summed E-state index contributed by atoms with van der Waals surface area (Å²) in [4.78, 5) is 14.1. The van der Waals surface area contributed by atoms with Gasteiger partial charge in [0.15, 0.2) is 0 Å². The van der Waals surface area contributed by atoms with Crippen molar-refractivity contribution in [2.24, 2.45) is 5.92 Å². The topological polar surface area (TPSA) is 32.3 Å². The second-order valence-electron chi connectivity index (χ2n) is 4.55. The van der Waals surface area contributed by atoms with Gasteiger partial charge in [0.1, 0.15) is 0 Å². The molecule has 2 atom stereocenters. The van der Waals surface area contributed by atoms with Crippen molar-refractivity contribution < 1.29 is 4.79 Å². The number of nitrogens with zero attached hydrogens (tertiary/aromatic N) is 1. The van der Waals surface area contributed by atoms with Gasteiger partial charge < -0.3 is 10.2 Å². The van der Waals surface area contributed by atoms with E-state index >= 15 is 0 Å². The van der Waals surface area contributed by atoms with Gasteiger partial charge in [-0.1, -0.05) is 27.2 Å². The monoisotopic (exact) mass is 212 g/mol. The van der Waals surface area contributed by atoms with E-state index in [0.29, 0.717) is 11.8 Å². The normalized spacial score (nSPS) is 24.3. The third-order valence-electron chi connectivity index (χ3n) is 3.21.